The van der Waals surface area contributed by atoms with Gasteiger partial charge in [0.1, 0.15) is 12.1 Å². The van der Waals surface area contributed by atoms with Gasteiger partial charge in [0.05, 0.1) is 0 Å². The standard InChI is InChI=1S/C11H16O2/c1-10(2)4-8(13)9-7(5-12)11(9,3)6-10/h5,7,9H,4,6H2,1-3H3/t7-,9+,11+/m0/s1. The molecular formula is C11H16O2. The fourth-order valence-corrected chi connectivity index (χ4v) is 3.31. The summed E-state index contributed by atoms with van der Waals surface area (Å²) in [6.07, 6.45) is 2.64. The van der Waals surface area contributed by atoms with Gasteiger partial charge in [-0.05, 0) is 17.3 Å². The van der Waals surface area contributed by atoms with Crippen LogP contribution in [0.25, 0.3) is 0 Å². The van der Waals surface area contributed by atoms with Crippen LogP contribution in [0.15, 0.2) is 0 Å². The van der Waals surface area contributed by atoms with Gasteiger partial charge in [-0.15, -0.1) is 0 Å². The summed E-state index contributed by atoms with van der Waals surface area (Å²) in [5.74, 6) is 0.371. The van der Waals surface area contributed by atoms with Crippen LogP contribution < -0.4 is 0 Å². The molecule has 2 saturated carbocycles. The molecule has 0 aromatic carbocycles. The van der Waals surface area contributed by atoms with E-state index in [0.29, 0.717) is 12.2 Å². The van der Waals surface area contributed by atoms with E-state index in [0.717, 1.165) is 12.7 Å². The molecule has 2 aliphatic carbocycles. The zero-order valence-electron chi connectivity index (χ0n) is 8.46. The maximum absolute atomic E-state index is 11.7. The SMILES string of the molecule is CC1(C)CC(=O)[C@H]2[C@H](C=O)[C@@]2(C)C1. The first-order chi connectivity index (χ1) is 5.91. The Morgan fingerprint density at radius 2 is 2.00 bits per heavy atom. The van der Waals surface area contributed by atoms with E-state index >= 15 is 0 Å². The van der Waals surface area contributed by atoms with Crippen LogP contribution in [0, 0.1) is 22.7 Å². The lowest BCUT2D eigenvalue weighted by Crippen LogP contribution is -2.28. The van der Waals surface area contributed by atoms with Gasteiger partial charge in [0, 0.05) is 18.3 Å². The highest BCUT2D eigenvalue weighted by atomic mass is 16.1. The fraction of sp³-hybridized carbons (Fsp3) is 0.818. The van der Waals surface area contributed by atoms with Crippen LogP contribution in [0.5, 0.6) is 0 Å². The lowest BCUT2D eigenvalue weighted by atomic mass is 9.72. The topological polar surface area (TPSA) is 34.1 Å². The summed E-state index contributed by atoms with van der Waals surface area (Å²) < 4.78 is 0. The second-order valence-corrected chi connectivity index (χ2v) is 5.63. The predicted molar refractivity (Wildman–Crippen MR) is 49.2 cm³/mol. The largest absolute Gasteiger partial charge is 0.303 e. The minimum absolute atomic E-state index is 0.000579. The Kier molecular flexibility index (Phi) is 1.53. The molecule has 0 heterocycles. The molecule has 0 aromatic rings. The smallest absolute Gasteiger partial charge is 0.137 e. The first-order valence-corrected chi connectivity index (χ1v) is 4.89. The minimum atomic E-state index is 0.000579. The third-order valence-corrected chi connectivity index (χ3v) is 3.73. The van der Waals surface area contributed by atoms with Crippen molar-refractivity contribution in [2.75, 3.05) is 0 Å². The van der Waals surface area contributed by atoms with Crippen LogP contribution in [-0.4, -0.2) is 12.1 Å². The summed E-state index contributed by atoms with van der Waals surface area (Å²) in [5.41, 5.74) is 0.0979. The highest BCUT2D eigenvalue weighted by Gasteiger charge is 2.68. The van der Waals surface area contributed by atoms with E-state index in [1.165, 1.54) is 0 Å². The molecule has 0 radical (unpaired) electrons. The number of ketones is 1. The second kappa shape index (κ2) is 2.23. The molecule has 0 aliphatic heterocycles. The normalized spacial score (nSPS) is 46.8. The van der Waals surface area contributed by atoms with Gasteiger partial charge in [-0.3, -0.25) is 4.79 Å². The van der Waals surface area contributed by atoms with E-state index < -0.39 is 0 Å². The van der Waals surface area contributed by atoms with E-state index in [4.69, 9.17) is 0 Å². The van der Waals surface area contributed by atoms with Crippen molar-refractivity contribution in [2.24, 2.45) is 22.7 Å². The van der Waals surface area contributed by atoms with Gasteiger partial charge in [0.2, 0.25) is 0 Å². The summed E-state index contributed by atoms with van der Waals surface area (Å²) in [4.78, 5) is 22.4. The molecule has 0 aromatic heterocycles. The molecule has 0 N–H and O–H groups in total. The van der Waals surface area contributed by atoms with Crippen LogP contribution in [0.1, 0.15) is 33.6 Å². The third-order valence-electron chi connectivity index (χ3n) is 3.73. The van der Waals surface area contributed by atoms with Gasteiger partial charge in [-0.2, -0.15) is 0 Å². The van der Waals surface area contributed by atoms with Crippen molar-refractivity contribution in [3.8, 4) is 0 Å². The summed E-state index contributed by atoms with van der Waals surface area (Å²) in [6, 6.07) is 0. The highest BCUT2D eigenvalue weighted by Crippen LogP contribution is 2.67. The Balaban J connectivity index is 2.27. The first-order valence-electron chi connectivity index (χ1n) is 4.89. The number of Topliss-reactive ketones (excluding diaryl/α,β-unsaturated/α-hetero) is 1. The molecular weight excluding hydrogens is 164 g/mol. The van der Waals surface area contributed by atoms with E-state index in [-0.39, 0.29) is 22.7 Å². The summed E-state index contributed by atoms with van der Waals surface area (Å²) in [7, 11) is 0. The predicted octanol–water partition coefficient (Wildman–Crippen LogP) is 1.83. The molecule has 0 spiro atoms. The van der Waals surface area contributed by atoms with Gasteiger partial charge < -0.3 is 4.79 Å². The lowest BCUT2D eigenvalue weighted by molar-refractivity contribution is -0.125. The van der Waals surface area contributed by atoms with E-state index in [1.54, 1.807) is 0 Å². The second-order valence-electron chi connectivity index (χ2n) is 5.63. The minimum Gasteiger partial charge on any atom is -0.303 e. The molecule has 2 heteroatoms. The van der Waals surface area contributed by atoms with Gasteiger partial charge in [0.25, 0.3) is 0 Å². The number of carbonyl (C=O) groups excluding carboxylic acids is 2. The van der Waals surface area contributed by atoms with Crippen molar-refractivity contribution in [3.05, 3.63) is 0 Å². The van der Waals surface area contributed by atoms with Gasteiger partial charge in [0.15, 0.2) is 0 Å². The Morgan fingerprint density at radius 3 is 2.54 bits per heavy atom. The van der Waals surface area contributed by atoms with Gasteiger partial charge >= 0.3 is 0 Å². The van der Waals surface area contributed by atoms with Crippen molar-refractivity contribution < 1.29 is 9.59 Å². The van der Waals surface area contributed by atoms with Crippen molar-refractivity contribution in [1.82, 2.24) is 0 Å². The Hall–Kier alpha value is -0.660. The van der Waals surface area contributed by atoms with E-state index in [1.807, 2.05) is 0 Å². The number of hydrogen-bond donors (Lipinski definition) is 0. The summed E-state index contributed by atoms with van der Waals surface area (Å²) in [5, 5.41) is 0. The Morgan fingerprint density at radius 1 is 1.38 bits per heavy atom. The average Bonchev–Trinajstić information content (AvgIpc) is 2.51. The lowest BCUT2D eigenvalue weighted by Gasteiger charge is -2.32. The van der Waals surface area contributed by atoms with Crippen LogP contribution >= 0.6 is 0 Å². The zero-order chi connectivity index (χ0) is 9.85. The van der Waals surface area contributed by atoms with Crippen molar-refractivity contribution >= 4 is 12.1 Å². The maximum Gasteiger partial charge on any atom is 0.137 e. The fourth-order valence-electron chi connectivity index (χ4n) is 3.31. The molecule has 2 fully saturated rings. The van der Waals surface area contributed by atoms with Crippen LogP contribution in [0.2, 0.25) is 0 Å². The molecule has 0 saturated heterocycles. The van der Waals surface area contributed by atoms with Crippen LogP contribution in [0.3, 0.4) is 0 Å². The van der Waals surface area contributed by atoms with Crippen LogP contribution in [0.4, 0.5) is 0 Å². The quantitative estimate of drug-likeness (QED) is 0.577. The van der Waals surface area contributed by atoms with Crippen molar-refractivity contribution in [1.29, 1.82) is 0 Å². The molecule has 0 amide bonds. The number of hydrogen-bond acceptors (Lipinski definition) is 2. The van der Waals surface area contributed by atoms with Gasteiger partial charge in [-0.1, -0.05) is 20.8 Å². The van der Waals surface area contributed by atoms with Crippen molar-refractivity contribution in [2.45, 2.75) is 33.6 Å². The molecule has 0 unspecified atom stereocenters. The van der Waals surface area contributed by atoms with Crippen LogP contribution in [-0.2, 0) is 9.59 Å². The Bertz CT molecular complexity index is 280. The highest BCUT2D eigenvalue weighted by molar-refractivity contribution is 5.91. The summed E-state index contributed by atoms with van der Waals surface area (Å²) in [6.45, 7) is 6.31. The number of carbonyl (C=O) groups is 2. The molecule has 72 valence electrons. The molecule has 2 nitrogen and oxygen atoms in total. The monoisotopic (exact) mass is 180 g/mol. The summed E-state index contributed by atoms with van der Waals surface area (Å²) >= 11 is 0. The number of fused-ring (bicyclic) bond motifs is 1. The van der Waals surface area contributed by atoms with Gasteiger partial charge in [-0.25, -0.2) is 0 Å². The van der Waals surface area contributed by atoms with E-state index in [2.05, 4.69) is 20.8 Å². The molecule has 2 rings (SSSR count). The zero-order valence-corrected chi connectivity index (χ0v) is 8.46. The number of rotatable bonds is 1. The average molecular weight is 180 g/mol. The third kappa shape index (κ3) is 1.07. The number of aldehydes is 1. The molecule has 13 heavy (non-hydrogen) atoms. The Labute approximate surface area is 78.7 Å². The molecule has 3 atom stereocenters. The molecule has 2 aliphatic rings. The van der Waals surface area contributed by atoms with Crippen molar-refractivity contribution in [3.63, 3.8) is 0 Å². The van der Waals surface area contributed by atoms with E-state index in [9.17, 15) is 9.59 Å². The first kappa shape index (κ1) is 8.92. The maximum atomic E-state index is 11.7. The molecule has 0 bridgehead atoms.